The maximum Gasteiger partial charge on any atom is 0.317 e. The van der Waals surface area contributed by atoms with Gasteiger partial charge in [0.25, 0.3) is 0 Å². The zero-order valence-corrected chi connectivity index (χ0v) is 14.5. The van der Waals surface area contributed by atoms with E-state index < -0.39 is 0 Å². The Labute approximate surface area is 141 Å². The van der Waals surface area contributed by atoms with Crippen molar-refractivity contribution in [2.24, 2.45) is 0 Å². The van der Waals surface area contributed by atoms with Crippen LogP contribution in [0.25, 0.3) is 0 Å². The number of hydrogen-bond donors (Lipinski definition) is 1. The van der Waals surface area contributed by atoms with E-state index >= 15 is 0 Å². The minimum absolute atomic E-state index is 0.0956. The molecule has 0 aliphatic carbocycles. The Hall–Kier alpha value is -2.14. The molecular formula is C18H22N2O2S. The van der Waals surface area contributed by atoms with Crippen LogP contribution in [-0.4, -0.2) is 31.3 Å². The zero-order valence-electron chi connectivity index (χ0n) is 13.7. The largest absolute Gasteiger partial charge is 0.497 e. The van der Waals surface area contributed by atoms with Crippen molar-refractivity contribution >= 4 is 17.8 Å². The molecule has 2 aromatic rings. The number of rotatable bonds is 6. The van der Waals surface area contributed by atoms with Crippen molar-refractivity contribution in [3.63, 3.8) is 0 Å². The van der Waals surface area contributed by atoms with Gasteiger partial charge < -0.3 is 15.0 Å². The second kappa shape index (κ2) is 8.48. The molecule has 23 heavy (non-hydrogen) atoms. The van der Waals surface area contributed by atoms with E-state index in [4.69, 9.17) is 4.74 Å². The average Bonchev–Trinajstić information content (AvgIpc) is 2.60. The van der Waals surface area contributed by atoms with Crippen molar-refractivity contribution in [1.29, 1.82) is 0 Å². The fraction of sp³-hybridized carbons (Fsp3) is 0.278. The fourth-order valence-electron chi connectivity index (χ4n) is 2.17. The van der Waals surface area contributed by atoms with Gasteiger partial charge >= 0.3 is 6.03 Å². The summed E-state index contributed by atoms with van der Waals surface area (Å²) in [5.41, 5.74) is 2.12. The van der Waals surface area contributed by atoms with Crippen molar-refractivity contribution in [1.82, 2.24) is 10.2 Å². The summed E-state index contributed by atoms with van der Waals surface area (Å²) in [5, 5.41) is 2.92. The third-order valence-electron chi connectivity index (χ3n) is 3.50. The molecule has 0 fully saturated rings. The molecule has 0 heterocycles. The summed E-state index contributed by atoms with van der Waals surface area (Å²) in [6.45, 7) is 1.06. The first-order chi connectivity index (χ1) is 11.1. The smallest absolute Gasteiger partial charge is 0.317 e. The lowest BCUT2D eigenvalue weighted by Crippen LogP contribution is -2.36. The number of carbonyl (C=O) groups is 1. The van der Waals surface area contributed by atoms with E-state index in [2.05, 4.69) is 29.6 Å². The molecular weight excluding hydrogens is 308 g/mol. The van der Waals surface area contributed by atoms with E-state index in [9.17, 15) is 4.79 Å². The first-order valence-electron chi connectivity index (χ1n) is 7.37. The van der Waals surface area contributed by atoms with E-state index in [-0.39, 0.29) is 6.03 Å². The molecule has 0 spiro atoms. The SMILES string of the molecule is COc1cccc(CNC(=O)N(C)Cc2ccc(SC)cc2)c1. The number of ether oxygens (including phenoxy) is 1. The zero-order chi connectivity index (χ0) is 16.7. The van der Waals surface area contributed by atoms with Crippen LogP contribution in [0.5, 0.6) is 5.75 Å². The van der Waals surface area contributed by atoms with Gasteiger partial charge in [-0.15, -0.1) is 11.8 Å². The van der Waals surface area contributed by atoms with Crippen LogP contribution in [0, 0.1) is 0 Å². The Morgan fingerprint density at radius 3 is 2.57 bits per heavy atom. The first kappa shape index (κ1) is 17.2. The predicted octanol–water partition coefficient (Wildman–Crippen LogP) is 3.76. The van der Waals surface area contributed by atoms with Crippen LogP contribution in [0.1, 0.15) is 11.1 Å². The van der Waals surface area contributed by atoms with Gasteiger partial charge in [0.1, 0.15) is 5.75 Å². The van der Waals surface area contributed by atoms with Crippen LogP contribution < -0.4 is 10.1 Å². The van der Waals surface area contributed by atoms with E-state index in [1.165, 1.54) is 4.90 Å². The second-order valence-corrected chi connectivity index (χ2v) is 6.09. The number of thioether (sulfide) groups is 1. The van der Waals surface area contributed by atoms with Crippen molar-refractivity contribution in [2.75, 3.05) is 20.4 Å². The fourth-order valence-corrected chi connectivity index (χ4v) is 2.58. The second-order valence-electron chi connectivity index (χ2n) is 5.21. The van der Waals surface area contributed by atoms with Crippen molar-refractivity contribution < 1.29 is 9.53 Å². The van der Waals surface area contributed by atoms with Gasteiger partial charge in [-0.1, -0.05) is 24.3 Å². The molecule has 0 unspecified atom stereocenters. The topological polar surface area (TPSA) is 41.6 Å². The maximum atomic E-state index is 12.2. The molecule has 5 heteroatoms. The van der Waals surface area contributed by atoms with Gasteiger partial charge in [0, 0.05) is 25.0 Å². The highest BCUT2D eigenvalue weighted by molar-refractivity contribution is 7.98. The predicted molar refractivity (Wildman–Crippen MR) is 94.9 cm³/mol. The first-order valence-corrected chi connectivity index (χ1v) is 8.59. The van der Waals surface area contributed by atoms with Gasteiger partial charge in [-0.2, -0.15) is 0 Å². The molecule has 2 aromatic carbocycles. The molecule has 0 atom stereocenters. The van der Waals surface area contributed by atoms with Crippen LogP contribution in [0.15, 0.2) is 53.4 Å². The number of methoxy groups -OCH3 is 1. The molecule has 1 N–H and O–H groups in total. The molecule has 0 saturated heterocycles. The lowest BCUT2D eigenvalue weighted by molar-refractivity contribution is 0.206. The third-order valence-corrected chi connectivity index (χ3v) is 4.25. The Kier molecular flexibility index (Phi) is 6.35. The maximum absolute atomic E-state index is 12.2. The summed E-state index contributed by atoms with van der Waals surface area (Å²) in [5.74, 6) is 0.791. The van der Waals surface area contributed by atoms with E-state index in [0.29, 0.717) is 13.1 Å². The lowest BCUT2D eigenvalue weighted by Gasteiger charge is -2.18. The number of amides is 2. The standard InChI is InChI=1S/C18H22N2O2S/c1-20(13-14-7-9-17(23-3)10-8-14)18(21)19-12-15-5-4-6-16(11-15)22-2/h4-11H,12-13H2,1-3H3,(H,19,21). The van der Waals surface area contributed by atoms with Crippen molar-refractivity contribution in [3.05, 3.63) is 59.7 Å². The highest BCUT2D eigenvalue weighted by Gasteiger charge is 2.09. The molecule has 0 radical (unpaired) electrons. The van der Waals surface area contributed by atoms with Crippen molar-refractivity contribution in [3.8, 4) is 5.75 Å². The molecule has 0 aliphatic heterocycles. The minimum atomic E-state index is -0.0956. The molecule has 2 rings (SSSR count). The summed E-state index contributed by atoms with van der Waals surface area (Å²) >= 11 is 1.71. The average molecular weight is 330 g/mol. The van der Waals surface area contributed by atoms with Crippen LogP contribution in [-0.2, 0) is 13.1 Å². The van der Waals surface area contributed by atoms with Crippen LogP contribution >= 0.6 is 11.8 Å². The van der Waals surface area contributed by atoms with Crippen LogP contribution in [0.3, 0.4) is 0 Å². The normalized spacial score (nSPS) is 10.2. The monoisotopic (exact) mass is 330 g/mol. The summed E-state index contributed by atoms with van der Waals surface area (Å²) in [6.07, 6.45) is 2.05. The highest BCUT2D eigenvalue weighted by atomic mass is 32.2. The molecule has 0 aromatic heterocycles. The molecule has 122 valence electrons. The van der Waals surface area contributed by atoms with E-state index in [1.54, 1.807) is 30.8 Å². The van der Waals surface area contributed by atoms with Gasteiger partial charge in [-0.3, -0.25) is 0 Å². The molecule has 2 amide bonds. The third kappa shape index (κ3) is 5.21. The lowest BCUT2D eigenvalue weighted by atomic mass is 10.2. The summed E-state index contributed by atoms with van der Waals surface area (Å²) < 4.78 is 5.18. The number of nitrogens with zero attached hydrogens (tertiary/aromatic N) is 1. The molecule has 4 nitrogen and oxygen atoms in total. The van der Waals surface area contributed by atoms with Gasteiger partial charge in [-0.05, 0) is 41.6 Å². The highest BCUT2D eigenvalue weighted by Crippen LogP contribution is 2.16. The summed E-state index contributed by atoms with van der Waals surface area (Å²) in [6, 6.07) is 15.8. The van der Waals surface area contributed by atoms with E-state index in [0.717, 1.165) is 16.9 Å². The number of urea groups is 1. The van der Waals surface area contributed by atoms with Crippen molar-refractivity contribution in [2.45, 2.75) is 18.0 Å². The molecule has 0 bridgehead atoms. The van der Waals surface area contributed by atoms with Crippen LogP contribution in [0.2, 0.25) is 0 Å². The minimum Gasteiger partial charge on any atom is -0.497 e. The van der Waals surface area contributed by atoms with E-state index in [1.807, 2.05) is 30.5 Å². The molecule has 0 aliphatic rings. The number of benzene rings is 2. The summed E-state index contributed by atoms with van der Waals surface area (Å²) in [4.78, 5) is 15.1. The van der Waals surface area contributed by atoms with Gasteiger partial charge in [0.15, 0.2) is 0 Å². The number of hydrogen-bond acceptors (Lipinski definition) is 3. The molecule has 0 saturated carbocycles. The Morgan fingerprint density at radius 1 is 1.17 bits per heavy atom. The summed E-state index contributed by atoms with van der Waals surface area (Å²) in [7, 11) is 3.43. The van der Waals surface area contributed by atoms with Gasteiger partial charge in [0.05, 0.1) is 7.11 Å². The Morgan fingerprint density at radius 2 is 1.91 bits per heavy atom. The Bertz CT molecular complexity index is 644. The Balaban J connectivity index is 1.86. The number of nitrogens with one attached hydrogen (secondary N) is 1. The van der Waals surface area contributed by atoms with Gasteiger partial charge in [-0.25, -0.2) is 4.79 Å². The quantitative estimate of drug-likeness (QED) is 0.820. The van der Waals surface area contributed by atoms with Crippen LogP contribution in [0.4, 0.5) is 4.79 Å². The number of carbonyl (C=O) groups excluding carboxylic acids is 1. The van der Waals surface area contributed by atoms with Gasteiger partial charge in [0.2, 0.25) is 0 Å².